The van der Waals surface area contributed by atoms with Gasteiger partial charge < -0.3 is 9.26 Å². The van der Waals surface area contributed by atoms with E-state index >= 15 is 0 Å². The summed E-state index contributed by atoms with van der Waals surface area (Å²) >= 11 is 0. The predicted molar refractivity (Wildman–Crippen MR) is 70.8 cm³/mol. The Kier molecular flexibility index (Phi) is 3.70. The van der Waals surface area contributed by atoms with Gasteiger partial charge in [-0.2, -0.15) is 0 Å². The van der Waals surface area contributed by atoms with Gasteiger partial charge in [0.15, 0.2) is 0 Å². The first kappa shape index (κ1) is 12.7. The number of ether oxygens (including phenoxy) is 1. The van der Waals surface area contributed by atoms with Crippen LogP contribution in [0.3, 0.4) is 0 Å². The molecule has 0 aliphatic rings. The van der Waals surface area contributed by atoms with Crippen molar-refractivity contribution in [3.05, 3.63) is 46.8 Å². The van der Waals surface area contributed by atoms with Crippen LogP contribution in [0.2, 0.25) is 0 Å². The van der Waals surface area contributed by atoms with E-state index in [9.17, 15) is 0 Å². The van der Waals surface area contributed by atoms with Crippen molar-refractivity contribution in [3.8, 4) is 5.75 Å². The van der Waals surface area contributed by atoms with Crippen LogP contribution in [0.4, 0.5) is 0 Å². The number of hydrogen-bond donors (Lipinski definition) is 0. The number of rotatable bonds is 4. The zero-order valence-corrected chi connectivity index (χ0v) is 11.4. The predicted octanol–water partition coefficient (Wildman–Crippen LogP) is 3.99. The fourth-order valence-electron chi connectivity index (χ4n) is 1.77. The Morgan fingerprint density at radius 1 is 1.22 bits per heavy atom. The Labute approximate surface area is 108 Å². The highest BCUT2D eigenvalue weighted by Crippen LogP contribution is 2.24. The topological polar surface area (TPSA) is 35.3 Å². The molecule has 0 bridgehead atoms. The summed E-state index contributed by atoms with van der Waals surface area (Å²) < 4.78 is 10.8. The summed E-state index contributed by atoms with van der Waals surface area (Å²) in [6.45, 7) is 8.72. The third-order valence-electron chi connectivity index (χ3n) is 2.93. The minimum Gasteiger partial charge on any atom is -0.487 e. The van der Waals surface area contributed by atoms with Gasteiger partial charge in [-0.3, -0.25) is 0 Å². The van der Waals surface area contributed by atoms with Gasteiger partial charge in [-0.25, -0.2) is 0 Å². The molecule has 1 aromatic carbocycles. The van der Waals surface area contributed by atoms with E-state index in [1.165, 1.54) is 5.56 Å². The van der Waals surface area contributed by atoms with Crippen molar-refractivity contribution in [1.29, 1.82) is 0 Å². The first-order valence-electron chi connectivity index (χ1n) is 6.22. The van der Waals surface area contributed by atoms with E-state index in [-0.39, 0.29) is 0 Å². The van der Waals surface area contributed by atoms with Gasteiger partial charge in [0.05, 0.1) is 0 Å². The number of aryl methyl sites for hydroxylation is 2. The SMILES string of the molecule is Cc1cc(COc2cc(C(C)C)ccc2C)no1. The Morgan fingerprint density at radius 3 is 2.61 bits per heavy atom. The molecule has 0 saturated carbocycles. The monoisotopic (exact) mass is 245 g/mol. The summed E-state index contributed by atoms with van der Waals surface area (Å²) in [4.78, 5) is 0. The quantitative estimate of drug-likeness (QED) is 0.816. The van der Waals surface area contributed by atoms with Crippen LogP contribution in [0, 0.1) is 13.8 Å². The second-order valence-electron chi connectivity index (χ2n) is 4.90. The molecule has 0 N–H and O–H groups in total. The van der Waals surface area contributed by atoms with Crippen molar-refractivity contribution in [2.45, 2.75) is 40.2 Å². The van der Waals surface area contributed by atoms with E-state index in [2.05, 4.69) is 37.2 Å². The van der Waals surface area contributed by atoms with Crippen LogP contribution < -0.4 is 4.74 Å². The van der Waals surface area contributed by atoms with Crippen LogP contribution in [0.15, 0.2) is 28.8 Å². The molecular weight excluding hydrogens is 226 g/mol. The molecule has 0 atom stereocenters. The van der Waals surface area contributed by atoms with Crippen LogP contribution in [-0.4, -0.2) is 5.16 Å². The Morgan fingerprint density at radius 2 is 2.00 bits per heavy atom. The molecule has 3 heteroatoms. The summed E-state index contributed by atoms with van der Waals surface area (Å²) in [5.74, 6) is 2.23. The molecule has 96 valence electrons. The van der Waals surface area contributed by atoms with E-state index in [0.29, 0.717) is 12.5 Å². The largest absolute Gasteiger partial charge is 0.487 e. The summed E-state index contributed by atoms with van der Waals surface area (Å²) in [5, 5.41) is 3.92. The summed E-state index contributed by atoms with van der Waals surface area (Å²) in [6.07, 6.45) is 0. The molecule has 0 amide bonds. The number of aromatic nitrogens is 1. The zero-order valence-electron chi connectivity index (χ0n) is 11.4. The first-order valence-corrected chi connectivity index (χ1v) is 6.22. The summed E-state index contributed by atoms with van der Waals surface area (Å²) in [5.41, 5.74) is 3.24. The Balaban J connectivity index is 2.10. The van der Waals surface area contributed by atoms with Gasteiger partial charge >= 0.3 is 0 Å². The molecule has 3 nitrogen and oxygen atoms in total. The molecule has 0 unspecified atom stereocenters. The van der Waals surface area contributed by atoms with Gasteiger partial charge in [0, 0.05) is 6.07 Å². The van der Waals surface area contributed by atoms with Gasteiger partial charge in [0.25, 0.3) is 0 Å². The maximum absolute atomic E-state index is 5.80. The molecular formula is C15H19NO2. The minimum atomic E-state index is 0.444. The van der Waals surface area contributed by atoms with E-state index < -0.39 is 0 Å². The van der Waals surface area contributed by atoms with Crippen molar-refractivity contribution >= 4 is 0 Å². The second kappa shape index (κ2) is 5.25. The lowest BCUT2D eigenvalue weighted by atomic mass is 10.0. The van der Waals surface area contributed by atoms with Crippen LogP contribution in [-0.2, 0) is 6.61 Å². The molecule has 0 aliphatic heterocycles. The molecule has 2 rings (SSSR count). The van der Waals surface area contributed by atoms with Crippen molar-refractivity contribution in [2.24, 2.45) is 0 Å². The van der Waals surface area contributed by atoms with Gasteiger partial charge in [-0.05, 0) is 37.0 Å². The highest BCUT2D eigenvalue weighted by molar-refractivity contribution is 5.37. The van der Waals surface area contributed by atoms with E-state index in [0.717, 1.165) is 22.8 Å². The van der Waals surface area contributed by atoms with Crippen molar-refractivity contribution in [2.75, 3.05) is 0 Å². The molecule has 0 aliphatic carbocycles. The molecule has 2 aromatic rings. The van der Waals surface area contributed by atoms with Gasteiger partial charge in [0.1, 0.15) is 23.8 Å². The van der Waals surface area contributed by atoms with Crippen LogP contribution >= 0.6 is 0 Å². The average Bonchev–Trinajstić information content (AvgIpc) is 2.74. The van der Waals surface area contributed by atoms with E-state index in [1.807, 2.05) is 19.9 Å². The molecule has 18 heavy (non-hydrogen) atoms. The zero-order chi connectivity index (χ0) is 13.1. The minimum absolute atomic E-state index is 0.444. The maximum atomic E-state index is 5.80. The number of benzene rings is 1. The van der Waals surface area contributed by atoms with E-state index in [1.54, 1.807) is 0 Å². The third-order valence-corrected chi connectivity index (χ3v) is 2.93. The molecule has 0 saturated heterocycles. The lowest BCUT2D eigenvalue weighted by Gasteiger charge is -2.11. The number of nitrogens with zero attached hydrogens (tertiary/aromatic N) is 1. The van der Waals surface area contributed by atoms with Crippen LogP contribution in [0.25, 0.3) is 0 Å². The van der Waals surface area contributed by atoms with Gasteiger partial charge in [-0.15, -0.1) is 0 Å². The lowest BCUT2D eigenvalue weighted by Crippen LogP contribution is -1.98. The molecule has 1 heterocycles. The van der Waals surface area contributed by atoms with Gasteiger partial charge in [-0.1, -0.05) is 31.1 Å². The van der Waals surface area contributed by atoms with Crippen molar-refractivity contribution < 1.29 is 9.26 Å². The lowest BCUT2D eigenvalue weighted by molar-refractivity contribution is 0.286. The summed E-state index contributed by atoms with van der Waals surface area (Å²) in [7, 11) is 0. The number of hydrogen-bond acceptors (Lipinski definition) is 3. The Hall–Kier alpha value is -1.77. The van der Waals surface area contributed by atoms with Crippen molar-refractivity contribution in [1.82, 2.24) is 5.16 Å². The molecule has 1 aromatic heterocycles. The van der Waals surface area contributed by atoms with E-state index in [4.69, 9.17) is 9.26 Å². The van der Waals surface area contributed by atoms with Crippen LogP contribution in [0.1, 0.15) is 42.3 Å². The van der Waals surface area contributed by atoms with Crippen LogP contribution in [0.5, 0.6) is 5.75 Å². The third kappa shape index (κ3) is 2.92. The fourth-order valence-corrected chi connectivity index (χ4v) is 1.77. The van der Waals surface area contributed by atoms with Crippen molar-refractivity contribution in [3.63, 3.8) is 0 Å². The molecule has 0 radical (unpaired) electrons. The Bertz CT molecular complexity index is 529. The maximum Gasteiger partial charge on any atom is 0.134 e. The normalized spacial score (nSPS) is 10.9. The smallest absolute Gasteiger partial charge is 0.134 e. The van der Waals surface area contributed by atoms with Gasteiger partial charge in [0.2, 0.25) is 0 Å². The fraction of sp³-hybridized carbons (Fsp3) is 0.400. The second-order valence-corrected chi connectivity index (χ2v) is 4.90. The highest BCUT2D eigenvalue weighted by Gasteiger charge is 2.06. The molecule has 0 fully saturated rings. The molecule has 0 spiro atoms. The highest BCUT2D eigenvalue weighted by atomic mass is 16.5. The summed E-state index contributed by atoms with van der Waals surface area (Å²) in [6, 6.07) is 8.24. The standard InChI is InChI=1S/C15H19NO2/c1-10(2)13-6-5-11(3)15(8-13)17-9-14-7-12(4)18-16-14/h5-8,10H,9H2,1-4H3. The first-order chi connectivity index (χ1) is 8.56. The average molecular weight is 245 g/mol.